The fraction of sp³-hybridized carbons (Fsp3) is 0.562. The summed E-state index contributed by atoms with van der Waals surface area (Å²) in [6.07, 6.45) is 3.12. The zero-order chi connectivity index (χ0) is 13.7. The third-order valence-electron chi connectivity index (χ3n) is 3.90. The summed E-state index contributed by atoms with van der Waals surface area (Å²) in [4.78, 5) is 14.1. The van der Waals surface area contributed by atoms with E-state index >= 15 is 0 Å². The molecule has 0 amide bonds. The van der Waals surface area contributed by atoms with Gasteiger partial charge in [-0.05, 0) is 51.3 Å². The Hall–Kier alpha value is -1.35. The molecule has 3 nitrogen and oxygen atoms in total. The minimum Gasteiger partial charge on any atom is -0.465 e. The van der Waals surface area contributed by atoms with Gasteiger partial charge in [0.2, 0.25) is 0 Å². The quantitative estimate of drug-likeness (QED) is 0.780. The lowest BCUT2D eigenvalue weighted by atomic mass is 9.86. The van der Waals surface area contributed by atoms with Gasteiger partial charge in [-0.2, -0.15) is 0 Å². The van der Waals surface area contributed by atoms with Gasteiger partial charge in [0.15, 0.2) is 0 Å². The Labute approximate surface area is 115 Å². The highest BCUT2D eigenvalue weighted by molar-refractivity contribution is 5.75. The molecule has 0 saturated carbocycles. The van der Waals surface area contributed by atoms with Crippen LogP contribution in [0, 0.1) is 5.92 Å². The average molecular weight is 261 g/mol. The van der Waals surface area contributed by atoms with Gasteiger partial charge in [-0.1, -0.05) is 30.3 Å². The molecule has 0 spiro atoms. The fourth-order valence-corrected chi connectivity index (χ4v) is 2.80. The standard InChI is InChI=1S/C16H23NO2/c1-3-19-16(18)15-12-14(9-10-17(15)2)11-13-7-5-4-6-8-13/h4-8,14-15H,3,9-12H2,1-2H3. The Bertz CT molecular complexity index is 404. The Kier molecular flexibility index (Phi) is 4.97. The number of likely N-dealkylation sites (N-methyl/N-ethyl adjacent to an activating group) is 1. The summed E-state index contributed by atoms with van der Waals surface area (Å²) < 4.78 is 5.17. The second-order valence-electron chi connectivity index (χ2n) is 5.33. The number of hydrogen-bond acceptors (Lipinski definition) is 3. The molecule has 1 aliphatic rings. The van der Waals surface area contributed by atoms with Gasteiger partial charge >= 0.3 is 5.97 Å². The van der Waals surface area contributed by atoms with Crippen LogP contribution in [-0.2, 0) is 16.0 Å². The van der Waals surface area contributed by atoms with Crippen molar-refractivity contribution < 1.29 is 9.53 Å². The van der Waals surface area contributed by atoms with Crippen molar-refractivity contribution in [3.63, 3.8) is 0 Å². The molecule has 19 heavy (non-hydrogen) atoms. The molecule has 2 unspecified atom stereocenters. The van der Waals surface area contributed by atoms with Crippen LogP contribution in [0.1, 0.15) is 25.3 Å². The Morgan fingerprint density at radius 3 is 2.79 bits per heavy atom. The summed E-state index contributed by atoms with van der Waals surface area (Å²) in [6, 6.07) is 10.5. The average Bonchev–Trinajstić information content (AvgIpc) is 2.42. The predicted molar refractivity (Wildman–Crippen MR) is 75.9 cm³/mol. The van der Waals surface area contributed by atoms with Crippen molar-refractivity contribution in [2.45, 2.75) is 32.2 Å². The lowest BCUT2D eigenvalue weighted by molar-refractivity contribution is -0.151. The summed E-state index contributed by atoms with van der Waals surface area (Å²) in [5.74, 6) is 0.510. The van der Waals surface area contributed by atoms with Gasteiger partial charge in [0, 0.05) is 0 Å². The van der Waals surface area contributed by atoms with E-state index in [4.69, 9.17) is 4.74 Å². The van der Waals surface area contributed by atoms with Crippen LogP contribution in [-0.4, -0.2) is 37.1 Å². The van der Waals surface area contributed by atoms with Crippen molar-refractivity contribution in [1.29, 1.82) is 0 Å². The van der Waals surface area contributed by atoms with Gasteiger partial charge in [-0.15, -0.1) is 0 Å². The lowest BCUT2D eigenvalue weighted by Gasteiger charge is -2.35. The molecule has 3 heteroatoms. The van der Waals surface area contributed by atoms with E-state index in [2.05, 4.69) is 29.2 Å². The van der Waals surface area contributed by atoms with Crippen LogP contribution in [0.5, 0.6) is 0 Å². The van der Waals surface area contributed by atoms with E-state index in [0.717, 1.165) is 25.8 Å². The number of nitrogens with zero attached hydrogens (tertiary/aromatic N) is 1. The molecule has 0 aliphatic carbocycles. The number of piperidine rings is 1. The molecule has 1 fully saturated rings. The number of rotatable bonds is 4. The number of esters is 1. The van der Waals surface area contributed by atoms with E-state index in [1.807, 2.05) is 20.0 Å². The first kappa shape index (κ1) is 14.1. The van der Waals surface area contributed by atoms with Crippen LogP contribution < -0.4 is 0 Å². The first-order valence-corrected chi connectivity index (χ1v) is 7.11. The topological polar surface area (TPSA) is 29.5 Å². The maximum atomic E-state index is 11.9. The summed E-state index contributed by atoms with van der Waals surface area (Å²) >= 11 is 0. The first-order valence-electron chi connectivity index (χ1n) is 7.11. The summed E-state index contributed by atoms with van der Waals surface area (Å²) in [5, 5.41) is 0. The van der Waals surface area contributed by atoms with Crippen molar-refractivity contribution in [2.75, 3.05) is 20.2 Å². The monoisotopic (exact) mass is 261 g/mol. The molecule has 104 valence electrons. The number of likely N-dealkylation sites (tertiary alicyclic amines) is 1. The normalized spacial score (nSPS) is 24.1. The smallest absolute Gasteiger partial charge is 0.323 e. The molecule has 0 radical (unpaired) electrons. The first-order chi connectivity index (χ1) is 9.20. The van der Waals surface area contributed by atoms with E-state index in [0.29, 0.717) is 12.5 Å². The highest BCUT2D eigenvalue weighted by Gasteiger charge is 2.32. The van der Waals surface area contributed by atoms with Gasteiger partial charge < -0.3 is 4.74 Å². The van der Waals surface area contributed by atoms with Crippen molar-refractivity contribution in [3.05, 3.63) is 35.9 Å². The van der Waals surface area contributed by atoms with E-state index in [9.17, 15) is 4.79 Å². The van der Waals surface area contributed by atoms with Crippen LogP contribution in [0.3, 0.4) is 0 Å². The lowest BCUT2D eigenvalue weighted by Crippen LogP contribution is -2.46. The molecule has 2 atom stereocenters. The molecule has 1 aromatic carbocycles. The van der Waals surface area contributed by atoms with Gasteiger partial charge in [0.05, 0.1) is 6.61 Å². The zero-order valence-electron chi connectivity index (χ0n) is 11.8. The van der Waals surface area contributed by atoms with Gasteiger partial charge in [-0.3, -0.25) is 9.69 Å². The van der Waals surface area contributed by atoms with E-state index in [-0.39, 0.29) is 12.0 Å². The Balaban J connectivity index is 1.95. The summed E-state index contributed by atoms with van der Waals surface area (Å²) in [6.45, 7) is 3.30. The van der Waals surface area contributed by atoms with Crippen LogP contribution in [0.2, 0.25) is 0 Å². The SMILES string of the molecule is CCOC(=O)C1CC(Cc2ccccc2)CCN1C. The number of carbonyl (C=O) groups is 1. The number of ether oxygens (including phenoxy) is 1. The molecule has 1 aliphatic heterocycles. The van der Waals surface area contributed by atoms with Crippen molar-refractivity contribution >= 4 is 5.97 Å². The molecule has 1 aromatic rings. The molecular weight excluding hydrogens is 238 g/mol. The molecule has 1 heterocycles. The molecule has 0 N–H and O–H groups in total. The number of hydrogen-bond donors (Lipinski definition) is 0. The minimum absolute atomic E-state index is 0.0669. The van der Waals surface area contributed by atoms with Gasteiger partial charge in [0.25, 0.3) is 0 Å². The zero-order valence-corrected chi connectivity index (χ0v) is 11.8. The second kappa shape index (κ2) is 6.71. The largest absolute Gasteiger partial charge is 0.465 e. The summed E-state index contributed by atoms with van der Waals surface area (Å²) in [5.41, 5.74) is 1.36. The van der Waals surface area contributed by atoms with Gasteiger partial charge in [0.1, 0.15) is 6.04 Å². The van der Waals surface area contributed by atoms with Gasteiger partial charge in [-0.25, -0.2) is 0 Å². The van der Waals surface area contributed by atoms with Crippen LogP contribution in [0.15, 0.2) is 30.3 Å². The third-order valence-corrected chi connectivity index (χ3v) is 3.90. The predicted octanol–water partition coefficient (Wildman–Crippen LogP) is 2.50. The maximum absolute atomic E-state index is 11.9. The van der Waals surface area contributed by atoms with Crippen LogP contribution in [0.25, 0.3) is 0 Å². The highest BCUT2D eigenvalue weighted by Crippen LogP contribution is 2.25. The number of carbonyl (C=O) groups excluding carboxylic acids is 1. The van der Waals surface area contributed by atoms with Crippen LogP contribution in [0.4, 0.5) is 0 Å². The summed E-state index contributed by atoms with van der Waals surface area (Å²) in [7, 11) is 2.01. The fourth-order valence-electron chi connectivity index (χ4n) is 2.80. The molecule has 2 rings (SSSR count). The Morgan fingerprint density at radius 2 is 2.11 bits per heavy atom. The van der Waals surface area contributed by atoms with Crippen molar-refractivity contribution in [3.8, 4) is 0 Å². The van der Waals surface area contributed by atoms with Crippen LogP contribution >= 0.6 is 0 Å². The van der Waals surface area contributed by atoms with E-state index < -0.39 is 0 Å². The molecular formula is C16H23NO2. The molecule has 0 aromatic heterocycles. The Morgan fingerprint density at radius 1 is 1.37 bits per heavy atom. The molecule has 0 bridgehead atoms. The minimum atomic E-state index is -0.0672. The highest BCUT2D eigenvalue weighted by atomic mass is 16.5. The van der Waals surface area contributed by atoms with Crippen molar-refractivity contribution in [2.24, 2.45) is 5.92 Å². The van der Waals surface area contributed by atoms with Crippen molar-refractivity contribution in [1.82, 2.24) is 4.90 Å². The number of benzene rings is 1. The maximum Gasteiger partial charge on any atom is 0.323 e. The second-order valence-corrected chi connectivity index (χ2v) is 5.33. The van der Waals surface area contributed by atoms with E-state index in [1.165, 1.54) is 5.56 Å². The molecule has 1 saturated heterocycles. The van der Waals surface area contributed by atoms with E-state index in [1.54, 1.807) is 0 Å². The third kappa shape index (κ3) is 3.80.